The van der Waals surface area contributed by atoms with Crippen molar-refractivity contribution in [3.05, 3.63) is 237 Å². The number of hydrogen-bond acceptors (Lipinski definition) is 24. The Labute approximate surface area is 864 Å². The Kier molecular flexibility index (Phi) is 35.2. The highest BCUT2D eigenvalue weighted by molar-refractivity contribution is 5.60. The van der Waals surface area contributed by atoms with Crippen LogP contribution in [0.15, 0.2) is 146 Å². The molecule has 8 saturated heterocycles. The van der Waals surface area contributed by atoms with E-state index < -0.39 is 0 Å². The molecule has 0 radical (unpaired) electrons. The molecule has 12 aromatic heterocycles. The van der Waals surface area contributed by atoms with Crippen LogP contribution in [0.1, 0.15) is 311 Å². The molecule has 21 rings (SSSR count). The summed E-state index contributed by atoms with van der Waals surface area (Å²) in [4.78, 5) is 70.9. The van der Waals surface area contributed by atoms with Gasteiger partial charge in [0.05, 0.1) is 149 Å². The number of hydrogen-bond donors (Lipinski definition) is 0. The minimum Gasteiger partial charge on any atom is -0.375 e. The normalized spacial score (nSPS) is 22.5. The molecule has 20 heterocycles. The maximum Gasteiger partial charge on any atom is 0.138 e. The second-order valence-electron chi connectivity index (χ2n) is 42.8. The lowest BCUT2D eigenvalue weighted by atomic mass is 9.88. The zero-order chi connectivity index (χ0) is 101. The monoisotopic (exact) mass is 1970 g/mol. The van der Waals surface area contributed by atoms with Gasteiger partial charge in [0.25, 0.3) is 0 Å². The van der Waals surface area contributed by atoms with Crippen molar-refractivity contribution in [1.29, 1.82) is 0 Å². The number of anilines is 4. The van der Waals surface area contributed by atoms with E-state index in [1.807, 2.05) is 43.0 Å². The summed E-state index contributed by atoms with van der Waals surface area (Å²) in [6.07, 6.45) is 24.3. The quantitative estimate of drug-likeness (QED) is 0.0429. The minimum absolute atomic E-state index is 0.164. The first kappa shape index (κ1) is 105. The van der Waals surface area contributed by atoms with Gasteiger partial charge in [-0.25, -0.2) is 19.9 Å². The van der Waals surface area contributed by atoms with E-state index in [2.05, 4.69) is 305 Å². The van der Waals surface area contributed by atoms with Crippen molar-refractivity contribution < 1.29 is 18.9 Å². The number of rotatable bonds is 29. The van der Waals surface area contributed by atoms with Crippen LogP contribution < -0.4 is 19.6 Å². The van der Waals surface area contributed by atoms with E-state index in [0.29, 0.717) is 82.4 Å². The molecule has 0 N–H and O–H groups in total. The first-order valence-corrected chi connectivity index (χ1v) is 55.5. The molecule has 12 aromatic rings. The highest BCUT2D eigenvalue weighted by atomic mass is 16.5. The van der Waals surface area contributed by atoms with Crippen molar-refractivity contribution in [1.82, 2.24) is 96.7 Å². The summed E-state index contributed by atoms with van der Waals surface area (Å²) in [5.74, 6) is 5.42. The fourth-order valence-electron chi connectivity index (χ4n) is 24.8. The molecule has 0 unspecified atom stereocenters. The van der Waals surface area contributed by atoms with E-state index in [1.165, 1.54) is 141 Å². The highest BCUT2D eigenvalue weighted by Gasteiger charge is 2.43. The van der Waals surface area contributed by atoms with Crippen LogP contribution in [0.25, 0.3) is 22.6 Å². The van der Waals surface area contributed by atoms with Crippen LogP contribution in [-0.2, 0) is 45.4 Å². The number of nitrogens with zero attached hydrogens (tertiary/aromatic N) is 24. The third-order valence-electron chi connectivity index (χ3n) is 33.2. The molecule has 8 atom stereocenters. The van der Waals surface area contributed by atoms with E-state index >= 15 is 0 Å². The van der Waals surface area contributed by atoms with E-state index in [0.717, 1.165) is 209 Å². The Morgan fingerprint density at radius 1 is 0.303 bits per heavy atom. The molecular weight excluding hydrogens is 1810 g/mol. The van der Waals surface area contributed by atoms with Crippen LogP contribution in [0.2, 0.25) is 0 Å². The van der Waals surface area contributed by atoms with E-state index in [-0.39, 0.29) is 30.3 Å². The average molecular weight is 1970 g/mol. The molecule has 780 valence electrons. The first-order chi connectivity index (χ1) is 70.6. The Morgan fingerprint density at radius 2 is 0.586 bits per heavy atom. The lowest BCUT2D eigenvalue weighted by Gasteiger charge is -2.40. The van der Waals surface area contributed by atoms with Gasteiger partial charge in [0.15, 0.2) is 0 Å². The van der Waals surface area contributed by atoms with Crippen molar-refractivity contribution in [3.63, 3.8) is 0 Å². The zero-order valence-corrected chi connectivity index (χ0v) is 90.7. The number of piperazine rings is 4. The third kappa shape index (κ3) is 23.1. The van der Waals surface area contributed by atoms with Crippen LogP contribution in [0.4, 0.5) is 23.3 Å². The number of likely N-dealkylation sites (tertiary alicyclic amines) is 4. The van der Waals surface area contributed by atoms with Crippen molar-refractivity contribution >= 4 is 45.9 Å². The van der Waals surface area contributed by atoms with Gasteiger partial charge in [0.2, 0.25) is 0 Å². The summed E-state index contributed by atoms with van der Waals surface area (Å²) >= 11 is 0. The minimum atomic E-state index is 0.164. The molecule has 9 fully saturated rings. The van der Waals surface area contributed by atoms with Gasteiger partial charge in [-0.1, -0.05) is 76.2 Å². The molecule has 8 aliphatic heterocycles. The topological polar surface area (TPSA) is 197 Å². The standard InChI is InChI=1S/C30H44N6O.C29H40N6O.2C29H42N6O/c1-6-34-17-19-35(20-18-34)28-15-9-14-27-32-30(26(36(27)28)21-37-7-2)25-13-8-12-24(33(25)5)29-23(22(3)4)11-10-16-31-29;1-4-36-20-25-29(24-10-5-9-23(32(24)3)28-21(2)8-7-15-30-28)31-26-11-6-12-27(35(25)26)34-18-16-33(17-19-34)22-13-14-22;1-6-36-20-25-29(24-12-7-11-23(32(24)5)28-22(4)10-9-15-30-28)31-26-13-8-14-27(35(25)26)34-18-16-33(17-19-34)21(2)3;1-6-33-16-18-34(19-17-33)27-14-8-13-26-31-29(25(35(26)27)20-36-21(2)3)24-12-7-11-23(32(24)5)28-22(4)10-9-15-30-28/h9-11,14-16,22,24-25H,6-8,12-13,17-21H2,1-5H3;6-8,11-12,15,22-24H,4-5,9-10,13-14,16-20H2,1-3H3;2*8-10,13-15,21,23-24H,6-7,11-12,16-20H2,1-5H3/t24-,25+;3*23-,24+/m0000/s1. The first-order valence-electron chi connectivity index (χ1n) is 55.5. The van der Waals surface area contributed by atoms with Gasteiger partial charge in [-0.3, -0.25) is 66.9 Å². The maximum atomic E-state index is 6.25. The van der Waals surface area contributed by atoms with Gasteiger partial charge >= 0.3 is 0 Å². The van der Waals surface area contributed by atoms with E-state index in [1.54, 1.807) is 0 Å². The summed E-state index contributed by atoms with van der Waals surface area (Å²) in [5, 5.41) is 0. The van der Waals surface area contributed by atoms with E-state index in [4.69, 9.17) is 58.8 Å². The summed E-state index contributed by atoms with van der Waals surface area (Å²) in [6.45, 7) is 54.5. The second-order valence-corrected chi connectivity index (χ2v) is 42.8. The number of aryl methyl sites for hydroxylation is 3. The number of piperidine rings is 4. The fraction of sp³-hybridized carbons (Fsp3) is 0.590. The number of fused-ring (bicyclic) bond motifs is 4. The predicted octanol–water partition coefficient (Wildman–Crippen LogP) is 20.2. The Hall–Kier alpha value is -9.92. The molecule has 145 heavy (non-hydrogen) atoms. The van der Waals surface area contributed by atoms with Gasteiger partial charge in [0.1, 0.15) is 45.9 Å². The summed E-state index contributed by atoms with van der Waals surface area (Å²) in [6, 6.07) is 46.9. The molecule has 28 heteroatoms. The molecule has 1 saturated carbocycles. The molecule has 28 nitrogen and oxygen atoms in total. The fourth-order valence-corrected chi connectivity index (χ4v) is 24.8. The zero-order valence-electron chi connectivity index (χ0n) is 90.7. The van der Waals surface area contributed by atoms with Crippen molar-refractivity contribution in [2.24, 2.45) is 0 Å². The summed E-state index contributed by atoms with van der Waals surface area (Å²) in [5.41, 5.74) is 23.6. The average Bonchev–Trinajstić information content (AvgIpc) is 1.61. The van der Waals surface area contributed by atoms with Crippen LogP contribution in [0, 0.1) is 20.8 Å². The highest BCUT2D eigenvalue weighted by Crippen LogP contribution is 2.49. The predicted molar refractivity (Wildman–Crippen MR) is 585 cm³/mol. The lowest BCUT2D eigenvalue weighted by molar-refractivity contribution is 0.0593. The van der Waals surface area contributed by atoms with Crippen LogP contribution in [-0.4, -0.2) is 281 Å². The molecule has 0 bridgehead atoms. The van der Waals surface area contributed by atoms with Gasteiger partial charge in [-0.2, -0.15) is 0 Å². The van der Waals surface area contributed by atoms with Gasteiger partial charge in [0, 0.05) is 161 Å². The van der Waals surface area contributed by atoms with E-state index in [9.17, 15) is 0 Å². The molecule has 1 aliphatic carbocycles. The summed E-state index contributed by atoms with van der Waals surface area (Å²) < 4.78 is 34.0. The lowest BCUT2D eigenvalue weighted by Crippen LogP contribution is -2.49. The molecule has 9 aliphatic rings. The van der Waals surface area contributed by atoms with Crippen molar-refractivity contribution in [2.75, 3.05) is 185 Å². The SMILES string of the molecule is CCN1CCN(c2cccc3nc([C@H]4CCC[C@@H](c5ncccc5C)N4C)c(COC(C)C)n23)CC1.CCOCc1c([C@H]2CCC[C@@H](c3ncccc3C(C)C)N2C)nc2cccc(N3CCN(CC)CC3)n12.CCOCc1c([C@H]2CCC[C@@H](c3ncccc3C)N2C)nc2cccc(N3CCN(C(C)C)CC3)n12.CCOCc1c([C@H]2CCC[C@@H](c3ncccc3C)N2C)nc2cccc(N3CCN(C4CC4)CC3)n12. The largest absolute Gasteiger partial charge is 0.375 e. The van der Waals surface area contributed by atoms with Crippen molar-refractivity contribution in [3.8, 4) is 0 Å². The van der Waals surface area contributed by atoms with Crippen molar-refractivity contribution in [2.45, 2.75) is 286 Å². The maximum absolute atomic E-state index is 6.25. The van der Waals surface area contributed by atoms with Gasteiger partial charge in [-0.15, -0.1) is 0 Å². The number of likely N-dealkylation sites (N-methyl/N-ethyl adjacent to an activating group) is 2. The molecule has 0 spiro atoms. The van der Waals surface area contributed by atoms with Crippen LogP contribution in [0.5, 0.6) is 0 Å². The van der Waals surface area contributed by atoms with Crippen LogP contribution >= 0.6 is 0 Å². The number of aromatic nitrogens is 12. The Balaban J connectivity index is 0.000000127. The smallest absolute Gasteiger partial charge is 0.138 e. The Bertz CT molecular complexity index is 6010. The molecular formula is C117H168N24O4. The third-order valence-corrected chi connectivity index (χ3v) is 33.2. The van der Waals surface area contributed by atoms with Crippen LogP contribution in [0.3, 0.4) is 0 Å². The molecule has 0 aromatic carbocycles. The second kappa shape index (κ2) is 48.6. The Morgan fingerprint density at radius 3 is 0.869 bits per heavy atom. The molecule has 0 amide bonds. The van der Waals surface area contributed by atoms with Gasteiger partial charge in [-0.05, 0) is 301 Å². The number of ether oxygens (including phenoxy) is 4. The summed E-state index contributed by atoms with van der Waals surface area (Å²) in [7, 11) is 9.04. The number of imidazole rings is 4. The number of pyridine rings is 8. The van der Waals surface area contributed by atoms with Gasteiger partial charge < -0.3 is 48.3 Å².